The van der Waals surface area contributed by atoms with Crippen molar-refractivity contribution in [2.45, 2.75) is 70.6 Å². The fourth-order valence-corrected chi connectivity index (χ4v) is 3.73. The fraction of sp³-hybridized carbons (Fsp3) is 0.647. The Balaban J connectivity index is 3.09. The number of rotatable bonds is 4. The average Bonchev–Trinajstić information content (AvgIpc) is 2.12. The maximum atomic E-state index is 10.5. The number of hydrogen-bond acceptors (Lipinski definition) is 2. The van der Waals surface area contributed by atoms with E-state index in [2.05, 4.69) is 59.7 Å². The van der Waals surface area contributed by atoms with Gasteiger partial charge in [-0.2, -0.15) is 0 Å². The maximum Gasteiger partial charge on any atom is 0.0655 e. The molecule has 0 amide bonds. The first kappa shape index (κ1) is 16.6. The van der Waals surface area contributed by atoms with Gasteiger partial charge in [-0.1, -0.05) is 19.9 Å². The first-order chi connectivity index (χ1) is 8.37. The van der Waals surface area contributed by atoms with Crippen LogP contribution in [0.5, 0.6) is 0 Å². The second-order valence-electron chi connectivity index (χ2n) is 7.12. The Morgan fingerprint density at radius 1 is 0.842 bits per heavy atom. The van der Waals surface area contributed by atoms with Crippen LogP contribution in [0.4, 0.5) is 0 Å². The van der Waals surface area contributed by atoms with Gasteiger partial charge in [-0.15, -0.1) is 11.8 Å². The standard InChI is InChI=1S/C17H28OS/c1-12-9-13(2)11-14(10-12)19-17(7,8)15(3,4)16(5,6)18/h9-11,18H,1-8H3. The molecule has 0 atom stereocenters. The second kappa shape index (κ2) is 5.14. The molecule has 1 rings (SSSR count). The van der Waals surface area contributed by atoms with Crippen molar-refractivity contribution in [3.8, 4) is 0 Å². The van der Waals surface area contributed by atoms with Gasteiger partial charge in [-0.05, 0) is 64.8 Å². The van der Waals surface area contributed by atoms with E-state index in [0.29, 0.717) is 0 Å². The minimum absolute atomic E-state index is 0.0640. The van der Waals surface area contributed by atoms with E-state index in [1.54, 1.807) is 0 Å². The molecule has 1 nitrogen and oxygen atoms in total. The van der Waals surface area contributed by atoms with Crippen LogP contribution in [0.2, 0.25) is 0 Å². The predicted octanol–water partition coefficient (Wildman–Crippen LogP) is 4.97. The van der Waals surface area contributed by atoms with Crippen molar-refractivity contribution in [3.63, 3.8) is 0 Å². The molecule has 0 radical (unpaired) electrons. The van der Waals surface area contributed by atoms with E-state index in [1.165, 1.54) is 16.0 Å². The Hall–Kier alpha value is -0.470. The van der Waals surface area contributed by atoms with Gasteiger partial charge >= 0.3 is 0 Å². The third-order valence-electron chi connectivity index (χ3n) is 4.60. The Kier molecular flexibility index (Phi) is 4.49. The van der Waals surface area contributed by atoms with Crippen molar-refractivity contribution in [2.75, 3.05) is 0 Å². The minimum atomic E-state index is -0.720. The predicted molar refractivity (Wildman–Crippen MR) is 85.9 cm³/mol. The Labute approximate surface area is 122 Å². The van der Waals surface area contributed by atoms with E-state index in [1.807, 2.05) is 25.6 Å². The molecular formula is C17H28OS. The summed E-state index contributed by atoms with van der Waals surface area (Å²) in [7, 11) is 0. The van der Waals surface area contributed by atoms with Crippen LogP contribution in [0.25, 0.3) is 0 Å². The summed E-state index contributed by atoms with van der Waals surface area (Å²) >= 11 is 1.85. The summed E-state index contributed by atoms with van der Waals surface area (Å²) in [5.41, 5.74) is 1.66. The highest BCUT2D eigenvalue weighted by atomic mass is 32.2. The number of aliphatic hydroxyl groups is 1. The van der Waals surface area contributed by atoms with Crippen molar-refractivity contribution < 1.29 is 5.11 Å². The molecule has 0 aliphatic rings. The summed E-state index contributed by atoms with van der Waals surface area (Å²) in [6, 6.07) is 6.64. The van der Waals surface area contributed by atoms with Gasteiger partial charge in [0.05, 0.1) is 5.60 Å². The molecule has 0 bridgehead atoms. The molecular weight excluding hydrogens is 252 g/mol. The van der Waals surface area contributed by atoms with Crippen LogP contribution >= 0.6 is 11.8 Å². The van der Waals surface area contributed by atoms with Crippen LogP contribution in [-0.4, -0.2) is 15.5 Å². The van der Waals surface area contributed by atoms with Gasteiger partial charge in [0.25, 0.3) is 0 Å². The van der Waals surface area contributed by atoms with Gasteiger partial charge in [0.2, 0.25) is 0 Å². The molecule has 0 saturated carbocycles. The molecule has 19 heavy (non-hydrogen) atoms. The molecule has 108 valence electrons. The zero-order chi connectivity index (χ0) is 15.1. The first-order valence-corrected chi connectivity index (χ1v) is 7.68. The summed E-state index contributed by atoms with van der Waals surface area (Å²) in [5, 5.41) is 10.5. The normalized spacial score (nSPS) is 13.7. The Bertz CT molecular complexity index is 433. The maximum absolute atomic E-state index is 10.5. The lowest BCUT2D eigenvalue weighted by Gasteiger charge is -2.49. The molecule has 1 aromatic rings. The largest absolute Gasteiger partial charge is 0.390 e. The monoisotopic (exact) mass is 280 g/mol. The van der Waals surface area contributed by atoms with Crippen LogP contribution in [0.15, 0.2) is 23.1 Å². The molecule has 0 heterocycles. The van der Waals surface area contributed by atoms with Crippen molar-refractivity contribution in [1.29, 1.82) is 0 Å². The number of thioether (sulfide) groups is 1. The SMILES string of the molecule is Cc1cc(C)cc(SC(C)(C)C(C)(C)C(C)(C)O)c1. The van der Waals surface area contributed by atoms with Gasteiger partial charge in [0.1, 0.15) is 0 Å². The highest BCUT2D eigenvalue weighted by Gasteiger charge is 2.47. The van der Waals surface area contributed by atoms with E-state index in [4.69, 9.17) is 0 Å². The third-order valence-corrected chi connectivity index (χ3v) is 6.09. The van der Waals surface area contributed by atoms with Gasteiger partial charge in [0.15, 0.2) is 0 Å². The number of hydrogen-bond donors (Lipinski definition) is 1. The molecule has 0 aliphatic heterocycles. The van der Waals surface area contributed by atoms with Crippen LogP contribution in [0.3, 0.4) is 0 Å². The molecule has 0 aromatic heterocycles. The molecule has 0 unspecified atom stereocenters. The molecule has 0 fully saturated rings. The zero-order valence-corrected chi connectivity index (χ0v) is 14.4. The quantitative estimate of drug-likeness (QED) is 0.786. The van der Waals surface area contributed by atoms with Crippen molar-refractivity contribution in [2.24, 2.45) is 5.41 Å². The summed E-state index contributed by atoms with van der Waals surface area (Å²) < 4.78 is -0.0640. The number of benzene rings is 1. The van der Waals surface area contributed by atoms with E-state index < -0.39 is 5.60 Å². The first-order valence-electron chi connectivity index (χ1n) is 6.86. The molecule has 0 saturated heterocycles. The van der Waals surface area contributed by atoms with E-state index in [0.717, 1.165) is 0 Å². The molecule has 0 spiro atoms. The summed E-state index contributed by atoms with van der Waals surface area (Å²) in [4.78, 5) is 1.28. The third kappa shape index (κ3) is 3.55. The van der Waals surface area contributed by atoms with Gasteiger partial charge in [-0.3, -0.25) is 0 Å². The lowest BCUT2D eigenvalue weighted by atomic mass is 9.69. The van der Waals surface area contributed by atoms with Crippen LogP contribution in [-0.2, 0) is 0 Å². The highest BCUT2D eigenvalue weighted by molar-refractivity contribution is 8.00. The van der Waals surface area contributed by atoms with Crippen molar-refractivity contribution >= 4 is 11.8 Å². The summed E-state index contributed by atoms with van der Waals surface area (Å²) in [6.07, 6.45) is 0. The van der Waals surface area contributed by atoms with Crippen LogP contribution in [0.1, 0.15) is 52.7 Å². The Morgan fingerprint density at radius 2 is 1.26 bits per heavy atom. The number of aryl methyl sites for hydroxylation is 2. The van der Waals surface area contributed by atoms with Gasteiger partial charge in [0, 0.05) is 15.1 Å². The topological polar surface area (TPSA) is 20.2 Å². The molecule has 1 N–H and O–H groups in total. The lowest BCUT2D eigenvalue weighted by Crippen LogP contribution is -2.51. The average molecular weight is 280 g/mol. The van der Waals surface area contributed by atoms with Crippen LogP contribution < -0.4 is 0 Å². The second-order valence-corrected chi connectivity index (χ2v) is 8.82. The fourth-order valence-electron chi connectivity index (χ4n) is 2.15. The zero-order valence-electron chi connectivity index (χ0n) is 13.6. The van der Waals surface area contributed by atoms with Gasteiger partial charge in [-0.25, -0.2) is 0 Å². The minimum Gasteiger partial charge on any atom is -0.390 e. The van der Waals surface area contributed by atoms with E-state index >= 15 is 0 Å². The van der Waals surface area contributed by atoms with Crippen molar-refractivity contribution in [3.05, 3.63) is 29.3 Å². The summed E-state index contributed by atoms with van der Waals surface area (Å²) in [6.45, 7) is 16.8. The molecule has 1 aromatic carbocycles. The Morgan fingerprint density at radius 3 is 1.63 bits per heavy atom. The van der Waals surface area contributed by atoms with Gasteiger partial charge < -0.3 is 5.11 Å². The molecule has 0 aliphatic carbocycles. The highest BCUT2D eigenvalue weighted by Crippen LogP contribution is 2.50. The van der Waals surface area contributed by atoms with Crippen molar-refractivity contribution in [1.82, 2.24) is 0 Å². The van der Waals surface area contributed by atoms with E-state index in [-0.39, 0.29) is 10.2 Å². The summed E-state index contributed by atoms with van der Waals surface area (Å²) in [5.74, 6) is 0. The van der Waals surface area contributed by atoms with Crippen LogP contribution in [0, 0.1) is 19.3 Å². The molecule has 2 heteroatoms. The lowest BCUT2D eigenvalue weighted by molar-refractivity contribution is -0.0506. The smallest absolute Gasteiger partial charge is 0.0655 e. The van der Waals surface area contributed by atoms with E-state index in [9.17, 15) is 5.11 Å².